The van der Waals surface area contributed by atoms with E-state index in [1.54, 1.807) is 0 Å². The molecule has 2 bridgehead atoms. The molecule has 0 heterocycles. The fraction of sp³-hybridized carbons (Fsp3) is 0.636. The van der Waals surface area contributed by atoms with Crippen LogP contribution in [-0.4, -0.2) is 13.2 Å². The molecule has 3 aliphatic rings. The summed E-state index contributed by atoms with van der Waals surface area (Å²) in [5.74, 6) is 3.20. The molecular formula is C11H14O. The van der Waals surface area contributed by atoms with Crippen LogP contribution in [0, 0.1) is 23.7 Å². The number of hydrogen-bond donors (Lipinski definition) is 0. The second-order valence-electron chi connectivity index (χ2n) is 4.19. The van der Waals surface area contributed by atoms with Crippen LogP contribution >= 0.6 is 0 Å². The lowest BCUT2D eigenvalue weighted by atomic mass is 9.84. The molecule has 1 fully saturated rings. The number of ether oxygens (including phenoxy) is 1. The summed E-state index contributed by atoms with van der Waals surface area (Å²) < 4.78 is 5.46. The van der Waals surface area contributed by atoms with Gasteiger partial charge in [-0.1, -0.05) is 24.3 Å². The third-order valence-electron chi connectivity index (χ3n) is 3.76. The van der Waals surface area contributed by atoms with Gasteiger partial charge in [0.15, 0.2) is 0 Å². The summed E-state index contributed by atoms with van der Waals surface area (Å²) in [7, 11) is 1.83. The summed E-state index contributed by atoms with van der Waals surface area (Å²) in [6.45, 7) is 0. The molecule has 0 N–H and O–H groups in total. The normalized spacial score (nSPS) is 53.6. The zero-order valence-electron chi connectivity index (χ0n) is 7.31. The Morgan fingerprint density at radius 2 is 1.92 bits per heavy atom. The number of allylic oxidation sites excluding steroid dienone is 3. The predicted octanol–water partition coefficient (Wildman–Crippen LogP) is 2.01. The van der Waals surface area contributed by atoms with Crippen LogP contribution in [0.15, 0.2) is 24.3 Å². The van der Waals surface area contributed by atoms with Crippen molar-refractivity contribution in [2.24, 2.45) is 23.7 Å². The minimum atomic E-state index is 0.398. The Labute approximate surface area is 73.1 Å². The fourth-order valence-corrected chi connectivity index (χ4v) is 3.23. The maximum absolute atomic E-state index is 5.46. The van der Waals surface area contributed by atoms with E-state index in [0.717, 1.165) is 23.7 Å². The molecule has 1 nitrogen and oxygen atoms in total. The van der Waals surface area contributed by atoms with E-state index in [1.807, 2.05) is 7.11 Å². The SMILES string of the molecule is CO[C@@H]1C=CC2C3C=CC(C3)C21. The Kier molecular flexibility index (Phi) is 1.28. The number of hydrogen-bond acceptors (Lipinski definition) is 1. The van der Waals surface area contributed by atoms with Crippen molar-refractivity contribution >= 4 is 0 Å². The molecule has 1 heteroatoms. The molecule has 3 rings (SSSR count). The molecule has 1 saturated carbocycles. The highest BCUT2D eigenvalue weighted by molar-refractivity contribution is 5.24. The van der Waals surface area contributed by atoms with Gasteiger partial charge in [0.25, 0.3) is 0 Å². The predicted molar refractivity (Wildman–Crippen MR) is 47.7 cm³/mol. The summed E-state index contributed by atoms with van der Waals surface area (Å²) in [5, 5.41) is 0. The summed E-state index contributed by atoms with van der Waals surface area (Å²) in [4.78, 5) is 0. The highest BCUT2D eigenvalue weighted by Gasteiger charge is 2.48. The molecule has 0 aliphatic heterocycles. The first kappa shape index (κ1) is 6.90. The molecule has 0 aromatic carbocycles. The van der Waals surface area contributed by atoms with Gasteiger partial charge in [0.1, 0.15) is 0 Å². The maximum Gasteiger partial charge on any atom is 0.0791 e. The zero-order chi connectivity index (χ0) is 8.13. The van der Waals surface area contributed by atoms with E-state index in [-0.39, 0.29) is 0 Å². The third-order valence-corrected chi connectivity index (χ3v) is 3.76. The third kappa shape index (κ3) is 0.680. The van der Waals surface area contributed by atoms with Crippen molar-refractivity contribution in [3.05, 3.63) is 24.3 Å². The Morgan fingerprint density at radius 1 is 1.08 bits per heavy atom. The van der Waals surface area contributed by atoms with Gasteiger partial charge in [0.05, 0.1) is 6.10 Å². The first-order valence-corrected chi connectivity index (χ1v) is 4.79. The second kappa shape index (κ2) is 2.23. The fourth-order valence-electron chi connectivity index (χ4n) is 3.23. The standard InChI is InChI=1S/C11H14O/c1-12-10-5-4-9-7-2-3-8(6-7)11(9)10/h2-5,7-11H,6H2,1H3/t7?,8?,9?,10-,11?/m1/s1. The van der Waals surface area contributed by atoms with E-state index in [0.29, 0.717) is 6.10 Å². The van der Waals surface area contributed by atoms with Gasteiger partial charge in [-0.15, -0.1) is 0 Å². The molecular weight excluding hydrogens is 148 g/mol. The van der Waals surface area contributed by atoms with E-state index in [4.69, 9.17) is 4.74 Å². The quantitative estimate of drug-likeness (QED) is 0.536. The van der Waals surface area contributed by atoms with E-state index >= 15 is 0 Å². The van der Waals surface area contributed by atoms with E-state index in [9.17, 15) is 0 Å². The Morgan fingerprint density at radius 3 is 2.75 bits per heavy atom. The van der Waals surface area contributed by atoms with Crippen LogP contribution in [0.3, 0.4) is 0 Å². The lowest BCUT2D eigenvalue weighted by Crippen LogP contribution is -2.25. The molecule has 0 aromatic rings. The van der Waals surface area contributed by atoms with Crippen LogP contribution in [-0.2, 0) is 4.74 Å². The van der Waals surface area contributed by atoms with Crippen LogP contribution in [0.25, 0.3) is 0 Å². The van der Waals surface area contributed by atoms with E-state index < -0.39 is 0 Å². The Balaban J connectivity index is 1.94. The van der Waals surface area contributed by atoms with Crippen molar-refractivity contribution in [3.63, 3.8) is 0 Å². The first-order chi connectivity index (χ1) is 5.90. The second-order valence-corrected chi connectivity index (χ2v) is 4.19. The first-order valence-electron chi connectivity index (χ1n) is 4.79. The average molecular weight is 162 g/mol. The number of fused-ring (bicyclic) bond motifs is 5. The van der Waals surface area contributed by atoms with Gasteiger partial charge in [0.2, 0.25) is 0 Å². The van der Waals surface area contributed by atoms with Gasteiger partial charge < -0.3 is 4.74 Å². The van der Waals surface area contributed by atoms with Gasteiger partial charge in [-0.05, 0) is 24.2 Å². The lowest BCUT2D eigenvalue weighted by molar-refractivity contribution is 0.0765. The minimum Gasteiger partial charge on any atom is -0.377 e. The van der Waals surface area contributed by atoms with E-state index in [2.05, 4.69) is 24.3 Å². The largest absolute Gasteiger partial charge is 0.377 e. The Bertz CT molecular complexity index is 254. The monoisotopic (exact) mass is 162 g/mol. The van der Waals surface area contributed by atoms with Gasteiger partial charge >= 0.3 is 0 Å². The minimum absolute atomic E-state index is 0.398. The van der Waals surface area contributed by atoms with Crippen molar-refractivity contribution in [1.29, 1.82) is 0 Å². The number of rotatable bonds is 1. The summed E-state index contributed by atoms with van der Waals surface area (Å²) >= 11 is 0. The van der Waals surface area contributed by atoms with Crippen molar-refractivity contribution < 1.29 is 4.74 Å². The van der Waals surface area contributed by atoms with Crippen molar-refractivity contribution in [1.82, 2.24) is 0 Å². The maximum atomic E-state index is 5.46. The summed E-state index contributed by atoms with van der Waals surface area (Å²) in [6.07, 6.45) is 11.2. The van der Waals surface area contributed by atoms with E-state index in [1.165, 1.54) is 6.42 Å². The van der Waals surface area contributed by atoms with Crippen LogP contribution in [0.5, 0.6) is 0 Å². The zero-order valence-corrected chi connectivity index (χ0v) is 7.31. The lowest BCUT2D eigenvalue weighted by Gasteiger charge is -2.24. The molecule has 4 unspecified atom stereocenters. The molecule has 12 heavy (non-hydrogen) atoms. The molecule has 5 atom stereocenters. The molecule has 0 saturated heterocycles. The molecule has 0 radical (unpaired) electrons. The number of methoxy groups -OCH3 is 1. The van der Waals surface area contributed by atoms with Crippen molar-refractivity contribution in [2.75, 3.05) is 7.11 Å². The summed E-state index contributed by atoms with van der Waals surface area (Å²) in [6, 6.07) is 0. The highest BCUT2D eigenvalue weighted by Crippen LogP contribution is 2.53. The van der Waals surface area contributed by atoms with Crippen molar-refractivity contribution in [2.45, 2.75) is 12.5 Å². The summed E-state index contributed by atoms with van der Waals surface area (Å²) in [5.41, 5.74) is 0. The van der Waals surface area contributed by atoms with Gasteiger partial charge in [-0.25, -0.2) is 0 Å². The molecule has 0 spiro atoms. The topological polar surface area (TPSA) is 9.23 Å². The highest BCUT2D eigenvalue weighted by atomic mass is 16.5. The van der Waals surface area contributed by atoms with Crippen LogP contribution in [0.4, 0.5) is 0 Å². The molecule has 3 aliphatic carbocycles. The van der Waals surface area contributed by atoms with Gasteiger partial charge in [0, 0.05) is 13.0 Å². The smallest absolute Gasteiger partial charge is 0.0791 e. The van der Waals surface area contributed by atoms with Gasteiger partial charge in [-0.3, -0.25) is 0 Å². The van der Waals surface area contributed by atoms with Crippen molar-refractivity contribution in [3.8, 4) is 0 Å². The molecule has 0 amide bonds. The van der Waals surface area contributed by atoms with Crippen LogP contribution in [0.2, 0.25) is 0 Å². The van der Waals surface area contributed by atoms with Crippen LogP contribution < -0.4 is 0 Å². The van der Waals surface area contributed by atoms with Gasteiger partial charge in [-0.2, -0.15) is 0 Å². The van der Waals surface area contributed by atoms with Crippen LogP contribution in [0.1, 0.15) is 6.42 Å². The average Bonchev–Trinajstić information content (AvgIpc) is 2.76. The molecule has 0 aromatic heterocycles. The molecule has 64 valence electrons. The Hall–Kier alpha value is -0.560.